The van der Waals surface area contributed by atoms with Gasteiger partial charge in [-0.3, -0.25) is 14.4 Å². The molecule has 6 heteroatoms. The third-order valence-electron chi connectivity index (χ3n) is 16.1. The lowest BCUT2D eigenvalue weighted by atomic mass is 9.71. The highest BCUT2D eigenvalue weighted by Crippen LogP contribution is 2.32. The number of ketones is 3. The molecule has 0 aliphatic carbocycles. The van der Waals surface area contributed by atoms with Gasteiger partial charge in [0.2, 0.25) is 5.60 Å². The molecule has 6 nitrogen and oxygen atoms in total. The molecule has 0 amide bonds. The molecule has 0 spiro atoms. The molecule has 0 rings (SSSR count). The lowest BCUT2D eigenvalue weighted by Gasteiger charge is -2.39. The first-order valence-electron chi connectivity index (χ1n) is 33.4. The summed E-state index contributed by atoms with van der Waals surface area (Å²) in [6.45, 7) is 5.64. The maximum Gasteiger partial charge on any atom is 0.219 e. The largest absolute Gasteiger partial charge is 0.393 e. The van der Waals surface area contributed by atoms with Crippen molar-refractivity contribution in [3.05, 3.63) is 36.5 Å². The van der Waals surface area contributed by atoms with Gasteiger partial charge in [-0.2, -0.15) is 0 Å². The van der Waals surface area contributed by atoms with Crippen molar-refractivity contribution >= 4 is 17.3 Å². The Morgan fingerprint density at radius 2 is 0.440 bits per heavy atom. The second-order valence-electron chi connectivity index (χ2n) is 23.2. The van der Waals surface area contributed by atoms with Crippen LogP contribution < -0.4 is 0 Å². The molecule has 440 valence electrons. The molecule has 0 aromatic carbocycles. The van der Waals surface area contributed by atoms with Crippen molar-refractivity contribution in [1.29, 1.82) is 0 Å². The third kappa shape index (κ3) is 42.7. The van der Waals surface area contributed by atoms with Gasteiger partial charge in [0.1, 0.15) is 0 Å². The number of hydrogen-bond donors (Lipinski definition) is 3. The molecular weight excluding hydrogens is 925 g/mol. The van der Waals surface area contributed by atoms with E-state index in [-0.39, 0.29) is 19.3 Å². The summed E-state index contributed by atoms with van der Waals surface area (Å²) in [5.74, 6) is -2.45. The van der Waals surface area contributed by atoms with Crippen molar-refractivity contribution < 1.29 is 29.7 Å². The summed E-state index contributed by atoms with van der Waals surface area (Å²) in [7, 11) is 0. The fraction of sp³-hybridized carbons (Fsp3) is 0.870. The molecule has 0 saturated carbocycles. The Labute approximate surface area is 466 Å². The molecule has 75 heavy (non-hydrogen) atoms. The first-order chi connectivity index (χ1) is 36.8. The number of allylic oxidation sites excluding steroid dienone is 6. The second-order valence-corrected chi connectivity index (χ2v) is 23.2. The minimum Gasteiger partial charge on any atom is -0.393 e. The lowest BCUT2D eigenvalue weighted by Crippen LogP contribution is -2.69. The molecule has 0 bridgehead atoms. The standard InChI is InChI=1S/C69H128O6/c1-4-7-10-13-16-19-22-25-28-31-34-37-40-43-46-49-52-55-58-61-65(71)68(74,64-70)69(75,66(72)62-59-56-53-50-47-44-41-38-35-32-29-26-23-20-17-14-11-8-5-2)67(73)63-60-57-54-51-48-45-42-39-36-33-30-27-24-21-18-15-12-9-6-3/h25-30,70,74-75H,4-24,31-64H2,1-3H3/b28-25-,29-26-,30-27-. The van der Waals surface area contributed by atoms with Gasteiger partial charge in [-0.1, -0.05) is 288 Å². The Bertz CT molecular complexity index is 1270. The van der Waals surface area contributed by atoms with Gasteiger partial charge in [-0.25, -0.2) is 0 Å². The molecule has 1 unspecified atom stereocenters. The molecule has 0 aromatic heterocycles. The van der Waals surface area contributed by atoms with Gasteiger partial charge in [-0.15, -0.1) is 0 Å². The van der Waals surface area contributed by atoms with Crippen LogP contribution in [0.4, 0.5) is 0 Å². The highest BCUT2D eigenvalue weighted by atomic mass is 16.4. The fourth-order valence-electron chi connectivity index (χ4n) is 10.8. The lowest BCUT2D eigenvalue weighted by molar-refractivity contribution is -0.194. The molecule has 3 N–H and O–H groups in total. The second kappa shape index (κ2) is 56.8. The van der Waals surface area contributed by atoms with Crippen LogP contribution in [0.1, 0.15) is 367 Å². The number of carbonyl (C=O) groups is 3. The SMILES string of the molecule is CCCCCCCC/C=C\CCCCCCCCCCCC(=O)C(O)(CO)C(O)(C(=O)CCCCCCCCCCC/C=C\CCCCCCCC)C(=O)CCCCCCCCCCC/C=C\CCCCCCCC. The monoisotopic (exact) mass is 1050 g/mol. The van der Waals surface area contributed by atoms with Crippen molar-refractivity contribution in [3.8, 4) is 0 Å². The van der Waals surface area contributed by atoms with Crippen LogP contribution in [0.15, 0.2) is 36.5 Å². The normalized spacial score (nSPS) is 13.0. The Morgan fingerprint density at radius 1 is 0.267 bits per heavy atom. The van der Waals surface area contributed by atoms with E-state index in [2.05, 4.69) is 57.2 Å². The Morgan fingerprint density at radius 3 is 0.640 bits per heavy atom. The molecule has 1 atom stereocenters. The number of unbranched alkanes of at least 4 members (excludes halogenated alkanes) is 45. The van der Waals surface area contributed by atoms with Gasteiger partial charge in [0.15, 0.2) is 23.0 Å². The molecule has 0 aromatic rings. The summed E-state index contributed by atoms with van der Waals surface area (Å²) in [6.07, 6.45) is 73.5. The predicted octanol–water partition coefficient (Wildman–Crippen LogP) is 20.9. The van der Waals surface area contributed by atoms with E-state index in [1.807, 2.05) is 0 Å². The zero-order valence-electron chi connectivity index (χ0n) is 50.4. The van der Waals surface area contributed by atoms with Crippen molar-refractivity contribution in [3.63, 3.8) is 0 Å². The summed E-state index contributed by atoms with van der Waals surface area (Å²) in [5, 5.41) is 34.4. The quantitative estimate of drug-likeness (QED) is 0.0318. The number of carbonyl (C=O) groups excluding carboxylic acids is 3. The Kier molecular flexibility index (Phi) is 55.4. The topological polar surface area (TPSA) is 112 Å². The Balaban J connectivity index is 4.82. The smallest absolute Gasteiger partial charge is 0.219 e. The van der Waals surface area contributed by atoms with E-state index in [4.69, 9.17) is 0 Å². The maximum absolute atomic E-state index is 13.9. The number of aliphatic hydroxyl groups excluding tert-OH is 1. The first kappa shape index (κ1) is 73.1. The van der Waals surface area contributed by atoms with E-state index in [9.17, 15) is 29.7 Å². The molecular formula is C69H128O6. The highest BCUT2D eigenvalue weighted by Gasteiger charge is 2.62. The van der Waals surface area contributed by atoms with Gasteiger partial charge in [0.25, 0.3) is 0 Å². The van der Waals surface area contributed by atoms with Crippen LogP contribution in [0.5, 0.6) is 0 Å². The summed E-state index contributed by atoms with van der Waals surface area (Å²) >= 11 is 0. The molecule has 0 fully saturated rings. The highest BCUT2D eigenvalue weighted by molar-refractivity contribution is 6.16. The summed E-state index contributed by atoms with van der Waals surface area (Å²) < 4.78 is 0. The summed E-state index contributed by atoms with van der Waals surface area (Å²) in [6, 6.07) is 0. The average Bonchev–Trinajstić information content (AvgIpc) is 3.41. The molecule has 0 radical (unpaired) electrons. The molecule has 0 aliphatic heterocycles. The van der Waals surface area contributed by atoms with E-state index >= 15 is 0 Å². The minimum absolute atomic E-state index is 0.0851. The molecule has 0 aliphatic rings. The van der Waals surface area contributed by atoms with Crippen molar-refractivity contribution in [1.82, 2.24) is 0 Å². The van der Waals surface area contributed by atoms with Gasteiger partial charge < -0.3 is 15.3 Å². The molecule has 0 heterocycles. The number of rotatable bonds is 62. The summed E-state index contributed by atoms with van der Waals surface area (Å²) in [5.41, 5.74) is -5.77. The van der Waals surface area contributed by atoms with E-state index in [1.54, 1.807) is 0 Å². The van der Waals surface area contributed by atoms with Gasteiger partial charge in [0, 0.05) is 19.3 Å². The van der Waals surface area contributed by atoms with Crippen LogP contribution in [0.3, 0.4) is 0 Å². The van der Waals surface area contributed by atoms with E-state index in [0.29, 0.717) is 19.3 Å². The number of hydrogen-bond acceptors (Lipinski definition) is 6. The van der Waals surface area contributed by atoms with Crippen molar-refractivity contribution in [2.75, 3.05) is 6.61 Å². The van der Waals surface area contributed by atoms with Crippen molar-refractivity contribution in [2.45, 2.75) is 379 Å². The maximum atomic E-state index is 13.9. The number of aliphatic hydroxyl groups is 3. The molecule has 0 saturated heterocycles. The van der Waals surface area contributed by atoms with Crippen LogP contribution in [0.25, 0.3) is 0 Å². The summed E-state index contributed by atoms with van der Waals surface area (Å²) in [4.78, 5) is 41.6. The third-order valence-corrected chi connectivity index (χ3v) is 16.1. The van der Waals surface area contributed by atoms with E-state index in [1.165, 1.54) is 231 Å². The van der Waals surface area contributed by atoms with Crippen LogP contribution in [-0.4, -0.2) is 50.5 Å². The zero-order chi connectivity index (χ0) is 54.9. The predicted molar refractivity (Wildman–Crippen MR) is 326 cm³/mol. The number of Topliss-reactive ketones (excluding diaryl/α,β-unsaturated/α-hetero) is 3. The van der Waals surface area contributed by atoms with Gasteiger partial charge in [0.05, 0.1) is 6.61 Å². The zero-order valence-corrected chi connectivity index (χ0v) is 50.4. The van der Waals surface area contributed by atoms with Crippen molar-refractivity contribution in [2.24, 2.45) is 0 Å². The van der Waals surface area contributed by atoms with Crippen LogP contribution in [0, 0.1) is 0 Å². The van der Waals surface area contributed by atoms with Gasteiger partial charge in [-0.05, 0) is 96.3 Å². The van der Waals surface area contributed by atoms with Crippen LogP contribution >= 0.6 is 0 Å². The Hall–Kier alpha value is -1.89. The van der Waals surface area contributed by atoms with E-state index < -0.39 is 35.2 Å². The average molecular weight is 1050 g/mol. The minimum atomic E-state index is -2.94. The van der Waals surface area contributed by atoms with Crippen LogP contribution in [-0.2, 0) is 14.4 Å². The first-order valence-corrected chi connectivity index (χ1v) is 33.4. The van der Waals surface area contributed by atoms with Gasteiger partial charge >= 0.3 is 0 Å². The fourth-order valence-corrected chi connectivity index (χ4v) is 10.8. The van der Waals surface area contributed by atoms with Crippen LogP contribution in [0.2, 0.25) is 0 Å². The van der Waals surface area contributed by atoms with E-state index in [0.717, 1.165) is 77.0 Å².